The van der Waals surface area contributed by atoms with Crippen molar-refractivity contribution in [3.63, 3.8) is 0 Å². The number of carbonyl (C=O) groups is 2. The van der Waals surface area contributed by atoms with Crippen LogP contribution in [0.1, 0.15) is 35.4 Å². The molecular formula is C20H24N4O2S. The van der Waals surface area contributed by atoms with Crippen molar-refractivity contribution >= 4 is 34.7 Å². The van der Waals surface area contributed by atoms with Gasteiger partial charge >= 0.3 is 0 Å². The molecule has 6 nitrogen and oxygen atoms in total. The van der Waals surface area contributed by atoms with Gasteiger partial charge in [0.05, 0.1) is 16.8 Å². The number of anilines is 2. The first-order valence-corrected chi connectivity index (χ1v) is 10.4. The molecule has 0 aliphatic carbocycles. The second-order valence-electron chi connectivity index (χ2n) is 7.13. The highest BCUT2D eigenvalue weighted by Gasteiger charge is 2.28. The number of aromatic nitrogens is 1. The highest BCUT2D eigenvalue weighted by atomic mass is 32.1. The lowest BCUT2D eigenvalue weighted by molar-refractivity contribution is -0.121. The lowest BCUT2D eigenvalue weighted by Crippen LogP contribution is -2.41. The van der Waals surface area contributed by atoms with Gasteiger partial charge in [-0.1, -0.05) is 6.07 Å². The minimum absolute atomic E-state index is 0.0222. The SMILES string of the molecule is O=C(Nc1ccc(N2CCCC2)nc1)C1CCN(C(=O)c2cccs2)CC1. The second-order valence-corrected chi connectivity index (χ2v) is 8.08. The number of rotatable bonds is 4. The third kappa shape index (κ3) is 4.13. The number of piperidine rings is 1. The highest BCUT2D eigenvalue weighted by Crippen LogP contribution is 2.23. The quantitative estimate of drug-likeness (QED) is 0.879. The summed E-state index contributed by atoms with van der Waals surface area (Å²) in [6.45, 7) is 3.37. The topological polar surface area (TPSA) is 65.5 Å². The summed E-state index contributed by atoms with van der Waals surface area (Å²) in [5, 5.41) is 4.89. The Labute approximate surface area is 163 Å². The smallest absolute Gasteiger partial charge is 0.263 e. The van der Waals surface area contributed by atoms with Gasteiger partial charge in [0.1, 0.15) is 5.82 Å². The molecule has 4 heterocycles. The van der Waals surface area contributed by atoms with Crippen LogP contribution in [0, 0.1) is 5.92 Å². The van der Waals surface area contributed by atoms with Gasteiger partial charge < -0.3 is 15.1 Å². The van der Waals surface area contributed by atoms with Crippen LogP contribution in [0.25, 0.3) is 0 Å². The van der Waals surface area contributed by atoms with E-state index >= 15 is 0 Å². The van der Waals surface area contributed by atoms with E-state index in [0.717, 1.165) is 29.5 Å². The average Bonchev–Trinajstić information content (AvgIpc) is 3.42. The average molecular weight is 385 g/mol. The van der Waals surface area contributed by atoms with Crippen molar-refractivity contribution in [2.75, 3.05) is 36.4 Å². The van der Waals surface area contributed by atoms with Crippen LogP contribution in [0.5, 0.6) is 0 Å². The first kappa shape index (κ1) is 18.0. The molecule has 0 bridgehead atoms. The molecule has 0 saturated carbocycles. The van der Waals surface area contributed by atoms with E-state index in [1.165, 1.54) is 24.2 Å². The van der Waals surface area contributed by atoms with Crippen molar-refractivity contribution in [1.29, 1.82) is 0 Å². The molecule has 2 aromatic rings. The van der Waals surface area contributed by atoms with E-state index in [9.17, 15) is 9.59 Å². The summed E-state index contributed by atoms with van der Waals surface area (Å²) in [5.74, 6) is 1.01. The number of hydrogen-bond donors (Lipinski definition) is 1. The fourth-order valence-corrected chi connectivity index (χ4v) is 4.43. The van der Waals surface area contributed by atoms with Gasteiger partial charge in [-0.2, -0.15) is 0 Å². The van der Waals surface area contributed by atoms with Gasteiger partial charge in [0.15, 0.2) is 0 Å². The second kappa shape index (κ2) is 8.08. The Morgan fingerprint density at radius 1 is 1.07 bits per heavy atom. The normalized spacial score (nSPS) is 17.9. The predicted octanol–water partition coefficient (Wildman–Crippen LogP) is 3.23. The minimum Gasteiger partial charge on any atom is -0.357 e. The third-order valence-corrected chi connectivity index (χ3v) is 6.19. The van der Waals surface area contributed by atoms with E-state index in [2.05, 4.69) is 15.2 Å². The molecule has 2 aliphatic heterocycles. The van der Waals surface area contributed by atoms with E-state index in [0.29, 0.717) is 25.9 Å². The van der Waals surface area contributed by atoms with Crippen molar-refractivity contribution in [3.05, 3.63) is 40.7 Å². The van der Waals surface area contributed by atoms with Crippen LogP contribution in [-0.2, 0) is 4.79 Å². The summed E-state index contributed by atoms with van der Waals surface area (Å²) in [5.41, 5.74) is 0.736. The number of carbonyl (C=O) groups excluding carboxylic acids is 2. The minimum atomic E-state index is -0.0596. The maximum Gasteiger partial charge on any atom is 0.263 e. The van der Waals surface area contributed by atoms with Gasteiger partial charge in [0.25, 0.3) is 5.91 Å². The molecule has 2 amide bonds. The fourth-order valence-electron chi connectivity index (χ4n) is 3.74. The van der Waals surface area contributed by atoms with Gasteiger partial charge in [-0.25, -0.2) is 4.98 Å². The van der Waals surface area contributed by atoms with E-state index in [-0.39, 0.29) is 17.7 Å². The lowest BCUT2D eigenvalue weighted by Gasteiger charge is -2.31. The highest BCUT2D eigenvalue weighted by molar-refractivity contribution is 7.12. The summed E-state index contributed by atoms with van der Waals surface area (Å²) in [6.07, 6.45) is 5.56. The Morgan fingerprint density at radius 3 is 2.48 bits per heavy atom. The van der Waals surface area contributed by atoms with Crippen molar-refractivity contribution in [3.8, 4) is 0 Å². The molecule has 0 aromatic carbocycles. The zero-order chi connectivity index (χ0) is 18.6. The molecule has 0 unspecified atom stereocenters. The molecule has 27 heavy (non-hydrogen) atoms. The van der Waals surface area contributed by atoms with Crippen LogP contribution in [0.3, 0.4) is 0 Å². The first-order chi connectivity index (χ1) is 13.2. The molecule has 7 heteroatoms. The van der Waals surface area contributed by atoms with E-state index in [1.807, 2.05) is 34.5 Å². The zero-order valence-electron chi connectivity index (χ0n) is 15.3. The number of amides is 2. The predicted molar refractivity (Wildman–Crippen MR) is 107 cm³/mol. The number of nitrogens with zero attached hydrogens (tertiary/aromatic N) is 3. The number of thiophene rings is 1. The fraction of sp³-hybridized carbons (Fsp3) is 0.450. The number of nitrogens with one attached hydrogen (secondary N) is 1. The monoisotopic (exact) mass is 384 g/mol. The van der Waals surface area contributed by atoms with Gasteiger partial charge in [-0.15, -0.1) is 11.3 Å². The van der Waals surface area contributed by atoms with Crippen molar-refractivity contribution in [2.24, 2.45) is 5.92 Å². The van der Waals surface area contributed by atoms with Crippen LogP contribution in [0.15, 0.2) is 35.8 Å². The van der Waals surface area contributed by atoms with E-state index in [1.54, 1.807) is 6.20 Å². The summed E-state index contributed by atoms with van der Waals surface area (Å²) in [7, 11) is 0. The Kier molecular flexibility index (Phi) is 5.38. The zero-order valence-corrected chi connectivity index (χ0v) is 16.1. The van der Waals surface area contributed by atoms with Crippen molar-refractivity contribution < 1.29 is 9.59 Å². The van der Waals surface area contributed by atoms with Gasteiger partial charge in [0, 0.05) is 32.1 Å². The number of pyridine rings is 1. The van der Waals surface area contributed by atoms with Crippen LogP contribution < -0.4 is 10.2 Å². The molecule has 1 N–H and O–H groups in total. The summed E-state index contributed by atoms with van der Waals surface area (Å²) >= 11 is 1.46. The number of likely N-dealkylation sites (tertiary alicyclic amines) is 1. The largest absolute Gasteiger partial charge is 0.357 e. The summed E-state index contributed by atoms with van der Waals surface area (Å²) in [6, 6.07) is 7.64. The molecule has 2 saturated heterocycles. The molecule has 2 aliphatic rings. The molecule has 4 rings (SSSR count). The van der Waals surface area contributed by atoms with Crippen LogP contribution in [-0.4, -0.2) is 47.9 Å². The molecule has 0 spiro atoms. The molecule has 0 radical (unpaired) electrons. The third-order valence-electron chi connectivity index (χ3n) is 5.33. The Hall–Kier alpha value is -2.41. The van der Waals surface area contributed by atoms with E-state index < -0.39 is 0 Å². The molecule has 142 valence electrons. The first-order valence-electron chi connectivity index (χ1n) is 9.55. The van der Waals surface area contributed by atoms with Crippen molar-refractivity contribution in [2.45, 2.75) is 25.7 Å². The summed E-state index contributed by atoms with van der Waals surface area (Å²) < 4.78 is 0. The Morgan fingerprint density at radius 2 is 1.85 bits per heavy atom. The Bertz CT molecular complexity index is 777. The van der Waals surface area contributed by atoms with Crippen molar-refractivity contribution in [1.82, 2.24) is 9.88 Å². The number of hydrogen-bond acceptors (Lipinski definition) is 5. The maximum atomic E-state index is 12.6. The van der Waals surface area contributed by atoms with Crippen LogP contribution in [0.4, 0.5) is 11.5 Å². The van der Waals surface area contributed by atoms with Gasteiger partial charge in [0.2, 0.25) is 5.91 Å². The van der Waals surface area contributed by atoms with E-state index in [4.69, 9.17) is 0 Å². The van der Waals surface area contributed by atoms with Crippen LogP contribution in [0.2, 0.25) is 0 Å². The van der Waals surface area contributed by atoms with Gasteiger partial charge in [-0.3, -0.25) is 9.59 Å². The molecule has 0 atom stereocenters. The summed E-state index contributed by atoms with van der Waals surface area (Å²) in [4.78, 5) is 34.3. The molecule has 2 aromatic heterocycles. The molecular weight excluding hydrogens is 360 g/mol. The molecule has 2 fully saturated rings. The lowest BCUT2D eigenvalue weighted by atomic mass is 9.95. The Balaban J connectivity index is 1.28. The van der Waals surface area contributed by atoms with Crippen LogP contribution >= 0.6 is 11.3 Å². The standard InChI is InChI=1S/C20H24N4O2S/c25-19(22-16-5-6-18(21-14-16)23-9-1-2-10-23)15-7-11-24(12-8-15)20(26)17-4-3-13-27-17/h3-6,13-15H,1-2,7-12H2,(H,22,25). The maximum absolute atomic E-state index is 12.6. The van der Waals surface area contributed by atoms with Gasteiger partial charge in [-0.05, 0) is 49.3 Å².